The first-order valence-corrected chi connectivity index (χ1v) is 30.1. The van der Waals surface area contributed by atoms with Gasteiger partial charge in [-0.25, -0.2) is 4.79 Å². The van der Waals surface area contributed by atoms with E-state index in [2.05, 4.69) is 47.9 Å². The molecular weight excluding hydrogens is 1160 g/mol. The Hall–Kier alpha value is -7.87. The van der Waals surface area contributed by atoms with Gasteiger partial charge in [-0.2, -0.15) is 0 Å². The van der Waals surface area contributed by atoms with Crippen LogP contribution in [0.15, 0.2) is 30.3 Å². The number of nitrogens with two attached hydrogens (primary N) is 3. The molecule has 19 N–H and O–H groups in total. The van der Waals surface area contributed by atoms with Crippen LogP contribution < -0.4 is 65.1 Å². The van der Waals surface area contributed by atoms with E-state index in [9.17, 15) is 82.8 Å². The van der Waals surface area contributed by atoms with E-state index in [4.69, 9.17) is 17.2 Å². The number of unbranched alkanes of at least 4 members (excludes halogenated alkanes) is 1. The third-order valence-corrected chi connectivity index (χ3v) is 15.1. The number of nitrogens with one attached hydrogen (secondary N) is 9. The molecular formula is C58H94N14O17. The van der Waals surface area contributed by atoms with Crippen LogP contribution in [0.25, 0.3) is 0 Å². The van der Waals surface area contributed by atoms with Crippen LogP contribution in [-0.2, 0) is 68.7 Å². The molecule has 12 amide bonds. The summed E-state index contributed by atoms with van der Waals surface area (Å²) in [6, 6.07) is -7.02. The number of aliphatic hydroxyl groups excluding tert-OH is 3. The Morgan fingerprint density at radius 1 is 0.573 bits per heavy atom. The van der Waals surface area contributed by atoms with Crippen molar-refractivity contribution in [3.8, 4) is 0 Å². The number of carboxylic acid groups (broad SMARTS) is 1. The van der Waals surface area contributed by atoms with E-state index in [-0.39, 0.29) is 63.5 Å². The number of carbonyl (C=O) groups is 13. The maximum atomic E-state index is 14.4. The van der Waals surface area contributed by atoms with E-state index < -0.39 is 181 Å². The predicted molar refractivity (Wildman–Crippen MR) is 320 cm³/mol. The van der Waals surface area contributed by atoms with Gasteiger partial charge in [0, 0.05) is 19.5 Å². The molecule has 13 atom stereocenters. The average Bonchev–Trinajstić information content (AvgIpc) is 3.60. The number of benzene rings is 1. The molecule has 0 aromatic heterocycles. The highest BCUT2D eigenvalue weighted by Gasteiger charge is 2.44. The molecule has 0 radical (unpaired) electrons. The van der Waals surface area contributed by atoms with Crippen LogP contribution in [-0.4, -0.2) is 219 Å². The van der Waals surface area contributed by atoms with Crippen molar-refractivity contribution in [2.45, 2.75) is 198 Å². The molecule has 498 valence electrons. The zero-order valence-electron chi connectivity index (χ0n) is 52.0. The molecule has 2 aliphatic rings. The zero-order valence-corrected chi connectivity index (χ0v) is 52.0. The highest BCUT2D eigenvalue weighted by atomic mass is 16.4. The smallest absolute Gasteiger partial charge is 0.326 e. The van der Waals surface area contributed by atoms with Gasteiger partial charge in [0.25, 0.3) is 0 Å². The number of aliphatic hydroxyl groups is 3. The maximum absolute atomic E-state index is 14.4. The van der Waals surface area contributed by atoms with Crippen molar-refractivity contribution < 1.29 is 82.8 Å². The maximum Gasteiger partial charge on any atom is 0.326 e. The first-order valence-electron chi connectivity index (χ1n) is 30.1. The summed E-state index contributed by atoms with van der Waals surface area (Å²) < 4.78 is 0. The lowest BCUT2D eigenvalue weighted by atomic mass is 10.0. The quantitative estimate of drug-likeness (QED) is 0.0279. The Morgan fingerprint density at radius 3 is 1.62 bits per heavy atom. The first kappa shape index (κ1) is 75.4. The van der Waals surface area contributed by atoms with E-state index in [1.54, 1.807) is 71.9 Å². The van der Waals surface area contributed by atoms with Crippen LogP contribution in [0.5, 0.6) is 0 Å². The van der Waals surface area contributed by atoms with E-state index in [0.29, 0.717) is 31.4 Å². The summed E-state index contributed by atoms with van der Waals surface area (Å²) >= 11 is 0. The number of hydrogen-bond donors (Lipinski definition) is 16. The largest absolute Gasteiger partial charge is 0.480 e. The minimum Gasteiger partial charge on any atom is -0.480 e. The molecule has 2 fully saturated rings. The monoisotopic (exact) mass is 1260 g/mol. The van der Waals surface area contributed by atoms with Gasteiger partial charge in [0.05, 0.1) is 37.8 Å². The third-order valence-electron chi connectivity index (χ3n) is 15.1. The van der Waals surface area contributed by atoms with Gasteiger partial charge in [0.2, 0.25) is 70.9 Å². The SMILES string of the molecule is CC(C)C[C@H](NC(=O)[C@@H]1CCCN1C(=O)[C@@H](NC(=O)[C@H](CC(N)=O)NC(=O)[C@H](CO)NC(=O)[C@@H](N)C(C)C)[C@@H](C)O)C(=O)N1CCC[C@H]1C(=O)NCC(=O)N[C@H](C(=O)N[C@@H](Cc1ccccc1)C(=O)N[C@H](C(=O)N[C@@H](CCCCN)C(=O)O)[C@@H](C)O)C(C)C. The summed E-state index contributed by atoms with van der Waals surface area (Å²) in [5.74, 6) is -13.3. The highest BCUT2D eigenvalue weighted by molar-refractivity contribution is 6.00. The summed E-state index contributed by atoms with van der Waals surface area (Å²) in [6.07, 6.45) is -2.20. The minimum atomic E-state index is -1.78. The molecule has 31 nitrogen and oxygen atoms in total. The molecule has 3 rings (SSSR count). The van der Waals surface area contributed by atoms with Crippen LogP contribution in [0.2, 0.25) is 0 Å². The van der Waals surface area contributed by atoms with Crippen molar-refractivity contribution >= 4 is 76.9 Å². The van der Waals surface area contributed by atoms with Crippen LogP contribution >= 0.6 is 0 Å². The number of primary amides is 1. The second-order valence-corrected chi connectivity index (χ2v) is 23.7. The van der Waals surface area contributed by atoms with Crippen LogP contribution in [0.1, 0.15) is 119 Å². The van der Waals surface area contributed by atoms with Crippen molar-refractivity contribution in [1.82, 2.24) is 57.7 Å². The fourth-order valence-electron chi connectivity index (χ4n) is 10.1. The number of hydrogen-bond acceptors (Lipinski definition) is 18. The van der Waals surface area contributed by atoms with Gasteiger partial charge in [-0.15, -0.1) is 0 Å². The number of amides is 12. The molecule has 31 heteroatoms. The van der Waals surface area contributed by atoms with Gasteiger partial charge >= 0.3 is 5.97 Å². The van der Waals surface area contributed by atoms with E-state index in [0.717, 1.165) is 4.90 Å². The summed E-state index contributed by atoms with van der Waals surface area (Å²) in [5.41, 5.74) is 17.3. The Kier molecular flexibility index (Phi) is 31.0. The second kappa shape index (κ2) is 36.6. The molecule has 0 spiro atoms. The number of carbonyl (C=O) groups excluding carboxylic acids is 12. The standard InChI is InChI=1S/C58H94N14O17/c1-29(2)24-38(66-52(82)41-20-15-23-72(41)57(87)47(33(8)75)70-49(79)37(26-42(60)76)64-50(80)39(28-73)67-53(83)44(61)30(3)4)56(86)71-22-14-19-40(71)51(81)62-27-43(77)68-45(31(5)6)54(84)65-36(25-34-16-10-9-11-17-34)48(78)69-46(32(7)74)55(85)63-35(58(88)89)18-12-13-21-59/h9-11,16-17,29-33,35-41,44-47,73-75H,12-15,18-28,59,61H2,1-8H3,(H2,60,76)(H,62,81)(H,63,85)(H,64,80)(H,65,84)(H,66,82)(H,67,83)(H,68,77)(H,69,78)(H,70,79)(H,88,89)/t32-,33-,35+,36+,37+,38+,39+,40+,41+,44+,45+,46+,47+/m1/s1. The Morgan fingerprint density at radius 2 is 1.09 bits per heavy atom. The van der Waals surface area contributed by atoms with Gasteiger partial charge in [0.1, 0.15) is 60.4 Å². The highest BCUT2D eigenvalue weighted by Crippen LogP contribution is 2.24. The molecule has 0 aliphatic carbocycles. The lowest BCUT2D eigenvalue weighted by Crippen LogP contribution is -2.62. The van der Waals surface area contributed by atoms with E-state index in [1.165, 1.54) is 18.7 Å². The third kappa shape index (κ3) is 23.5. The zero-order chi connectivity index (χ0) is 67.0. The summed E-state index contributed by atoms with van der Waals surface area (Å²) in [7, 11) is 0. The summed E-state index contributed by atoms with van der Waals surface area (Å²) in [4.78, 5) is 177. The number of likely N-dealkylation sites (tertiary alicyclic amines) is 2. The minimum absolute atomic E-state index is 0.0301. The molecule has 89 heavy (non-hydrogen) atoms. The molecule has 2 aliphatic heterocycles. The van der Waals surface area contributed by atoms with Gasteiger partial charge in [-0.3, -0.25) is 57.5 Å². The fourth-order valence-corrected chi connectivity index (χ4v) is 10.1. The summed E-state index contributed by atoms with van der Waals surface area (Å²) in [5, 5.41) is 63.1. The first-order chi connectivity index (χ1) is 41.8. The van der Waals surface area contributed by atoms with Gasteiger partial charge in [-0.05, 0) is 95.1 Å². The molecule has 2 heterocycles. The number of nitrogens with zero attached hydrogens (tertiary/aromatic N) is 2. The second-order valence-electron chi connectivity index (χ2n) is 23.7. The Labute approximate surface area is 517 Å². The summed E-state index contributed by atoms with van der Waals surface area (Å²) in [6.45, 7) is 11.2. The van der Waals surface area contributed by atoms with Crippen molar-refractivity contribution in [3.05, 3.63) is 35.9 Å². The predicted octanol–water partition coefficient (Wildman–Crippen LogP) is -5.27. The van der Waals surface area contributed by atoms with E-state index >= 15 is 0 Å². The topological polar surface area (TPSA) is 496 Å². The molecule has 0 unspecified atom stereocenters. The lowest BCUT2D eigenvalue weighted by Gasteiger charge is -2.33. The fraction of sp³-hybridized carbons (Fsp3) is 0.672. The van der Waals surface area contributed by atoms with Crippen LogP contribution in [0.4, 0.5) is 0 Å². The number of rotatable bonds is 36. The van der Waals surface area contributed by atoms with Crippen LogP contribution in [0.3, 0.4) is 0 Å². The van der Waals surface area contributed by atoms with E-state index in [1.807, 2.05) is 0 Å². The van der Waals surface area contributed by atoms with Crippen molar-refractivity contribution in [2.75, 3.05) is 32.8 Å². The Bertz CT molecular complexity index is 2630. The van der Waals surface area contributed by atoms with Gasteiger partial charge < -0.3 is 95.3 Å². The van der Waals surface area contributed by atoms with Crippen molar-refractivity contribution in [1.29, 1.82) is 0 Å². The van der Waals surface area contributed by atoms with Crippen molar-refractivity contribution in [3.63, 3.8) is 0 Å². The van der Waals surface area contributed by atoms with Gasteiger partial charge in [-0.1, -0.05) is 71.9 Å². The molecule has 1 aromatic carbocycles. The molecule has 0 saturated carbocycles. The lowest BCUT2D eigenvalue weighted by molar-refractivity contribution is -0.146. The average molecular weight is 1260 g/mol. The number of aliphatic carboxylic acids is 1. The number of carboxylic acids is 1. The molecule has 1 aromatic rings. The molecule has 2 saturated heterocycles. The Balaban J connectivity index is 1.74. The normalized spacial score (nSPS) is 18.5. The van der Waals surface area contributed by atoms with Gasteiger partial charge in [0.15, 0.2) is 0 Å². The van der Waals surface area contributed by atoms with Crippen LogP contribution in [0, 0.1) is 17.8 Å². The van der Waals surface area contributed by atoms with Crippen molar-refractivity contribution in [2.24, 2.45) is 35.0 Å². The molecule has 0 bridgehead atoms.